The molecule has 0 bridgehead atoms. The molecule has 0 aromatic rings. The summed E-state index contributed by atoms with van der Waals surface area (Å²) in [6.07, 6.45) is 5.40. The van der Waals surface area contributed by atoms with Crippen LogP contribution in [0.15, 0.2) is 0 Å². The van der Waals surface area contributed by atoms with Gasteiger partial charge < -0.3 is 3.79 Å². The Morgan fingerprint density at radius 2 is 1.42 bits per heavy atom. The van der Waals surface area contributed by atoms with Crippen molar-refractivity contribution in [2.75, 3.05) is 6.61 Å². The Hall–Kier alpha value is 0.492. The van der Waals surface area contributed by atoms with Crippen molar-refractivity contribution < 1.29 is 3.79 Å². The van der Waals surface area contributed by atoms with Crippen LogP contribution in [-0.4, -0.2) is 21.1 Å². The van der Waals surface area contributed by atoms with Crippen molar-refractivity contribution in [3.05, 3.63) is 0 Å². The van der Waals surface area contributed by atoms with Crippen LogP contribution in [0.25, 0.3) is 0 Å². The van der Waals surface area contributed by atoms with Crippen molar-refractivity contribution in [1.29, 1.82) is 0 Å². The lowest BCUT2D eigenvalue weighted by Crippen LogP contribution is -2.17. The summed E-state index contributed by atoms with van der Waals surface area (Å²) in [4.78, 5) is 0. The largest absolute Gasteiger partial charge is 0.501 e. The third-order valence-electron chi connectivity index (χ3n) is 2.16. The van der Waals surface area contributed by atoms with E-state index in [1.54, 1.807) is 0 Å². The lowest BCUT2D eigenvalue weighted by molar-refractivity contribution is 0.339. The van der Waals surface area contributed by atoms with Crippen LogP contribution in [0.1, 0.15) is 46.5 Å². The fourth-order valence-electron chi connectivity index (χ4n) is 1.41. The normalized spacial score (nSPS) is 10.2. The molecule has 0 spiro atoms. The number of unbranched alkanes of at least 4 members (excludes halogenated alkanes) is 2. The Kier molecular flexibility index (Phi) is 9.97. The summed E-state index contributed by atoms with van der Waals surface area (Å²) in [6.45, 7) is 7.58. The summed E-state index contributed by atoms with van der Waals surface area (Å²) < 4.78 is 5.78. The SMILES string of the molecule is CCC[CH2][Al]([CH2]CCC)[O]CC. The summed E-state index contributed by atoms with van der Waals surface area (Å²) in [5.41, 5.74) is 0. The molecule has 0 saturated heterocycles. The van der Waals surface area contributed by atoms with Crippen LogP contribution in [0.3, 0.4) is 0 Å². The minimum atomic E-state index is -0.769. The van der Waals surface area contributed by atoms with Gasteiger partial charge in [-0.25, -0.2) is 0 Å². The van der Waals surface area contributed by atoms with Crippen molar-refractivity contribution in [3.63, 3.8) is 0 Å². The van der Waals surface area contributed by atoms with Crippen LogP contribution in [0.4, 0.5) is 0 Å². The molecule has 0 aliphatic rings. The molecular formula is C10H23AlO. The maximum Gasteiger partial charge on any atom is 0.460 e. The van der Waals surface area contributed by atoms with E-state index in [1.165, 1.54) is 36.2 Å². The van der Waals surface area contributed by atoms with Crippen molar-refractivity contribution in [3.8, 4) is 0 Å². The zero-order chi connectivity index (χ0) is 9.23. The third kappa shape index (κ3) is 7.16. The topological polar surface area (TPSA) is 9.23 Å². The summed E-state index contributed by atoms with van der Waals surface area (Å²) >= 11 is -0.769. The average molecular weight is 186 g/mol. The molecule has 2 heteroatoms. The maximum atomic E-state index is 5.78. The highest BCUT2D eigenvalue weighted by molar-refractivity contribution is 6.51. The Morgan fingerprint density at radius 1 is 0.917 bits per heavy atom. The van der Waals surface area contributed by atoms with Gasteiger partial charge in [-0.2, -0.15) is 0 Å². The van der Waals surface area contributed by atoms with Gasteiger partial charge in [0.1, 0.15) is 0 Å². The summed E-state index contributed by atoms with van der Waals surface area (Å²) in [5, 5.41) is 2.79. The van der Waals surface area contributed by atoms with Crippen LogP contribution >= 0.6 is 0 Å². The molecule has 0 saturated carbocycles. The van der Waals surface area contributed by atoms with Crippen molar-refractivity contribution in [2.24, 2.45) is 0 Å². The molecule has 0 radical (unpaired) electrons. The first-order chi connectivity index (χ1) is 5.85. The molecular weight excluding hydrogens is 163 g/mol. The molecule has 0 unspecified atom stereocenters. The summed E-state index contributed by atoms with van der Waals surface area (Å²) in [5.74, 6) is 0. The van der Waals surface area contributed by atoms with Crippen molar-refractivity contribution >= 4 is 14.5 Å². The van der Waals surface area contributed by atoms with Gasteiger partial charge in [-0.05, 0) is 6.92 Å². The molecule has 0 fully saturated rings. The highest BCUT2D eigenvalue weighted by atomic mass is 27.2. The molecule has 0 N–H and O–H groups in total. The monoisotopic (exact) mass is 186 g/mol. The second-order valence-corrected chi connectivity index (χ2v) is 6.09. The van der Waals surface area contributed by atoms with E-state index in [2.05, 4.69) is 20.8 Å². The molecule has 72 valence electrons. The third-order valence-corrected chi connectivity index (χ3v) is 5.07. The van der Waals surface area contributed by atoms with Gasteiger partial charge in [0.15, 0.2) is 0 Å². The predicted molar refractivity (Wildman–Crippen MR) is 56.8 cm³/mol. The first-order valence-corrected chi connectivity index (χ1v) is 7.57. The van der Waals surface area contributed by atoms with Gasteiger partial charge in [0.2, 0.25) is 0 Å². The molecule has 0 aliphatic carbocycles. The van der Waals surface area contributed by atoms with E-state index in [-0.39, 0.29) is 0 Å². The fraction of sp³-hybridized carbons (Fsp3) is 1.00. The van der Waals surface area contributed by atoms with Gasteiger partial charge in [-0.1, -0.05) is 50.1 Å². The number of hydrogen-bond donors (Lipinski definition) is 0. The minimum Gasteiger partial charge on any atom is -0.501 e. The molecule has 0 atom stereocenters. The number of rotatable bonds is 8. The maximum absolute atomic E-state index is 5.78. The van der Waals surface area contributed by atoms with E-state index in [4.69, 9.17) is 3.79 Å². The van der Waals surface area contributed by atoms with E-state index in [0.717, 1.165) is 6.61 Å². The zero-order valence-electron chi connectivity index (χ0n) is 8.94. The fourth-order valence-corrected chi connectivity index (χ4v) is 4.23. The first-order valence-electron chi connectivity index (χ1n) is 5.46. The van der Waals surface area contributed by atoms with Gasteiger partial charge in [-0.15, -0.1) is 0 Å². The second kappa shape index (κ2) is 9.58. The van der Waals surface area contributed by atoms with Crippen LogP contribution in [0.2, 0.25) is 10.6 Å². The van der Waals surface area contributed by atoms with E-state index >= 15 is 0 Å². The molecule has 0 aromatic heterocycles. The highest BCUT2D eigenvalue weighted by Gasteiger charge is 2.17. The van der Waals surface area contributed by atoms with Gasteiger partial charge in [0.05, 0.1) is 0 Å². The van der Waals surface area contributed by atoms with E-state index < -0.39 is 14.5 Å². The lowest BCUT2D eigenvalue weighted by atomic mass is 10.4. The highest BCUT2D eigenvalue weighted by Crippen LogP contribution is 2.10. The Morgan fingerprint density at radius 3 is 1.75 bits per heavy atom. The molecule has 0 rings (SSSR count). The Balaban J connectivity index is 3.40. The molecule has 1 nitrogen and oxygen atoms in total. The standard InChI is InChI=1S/2C4H9.C2H5O.Al/c2*1-3-4-2;1-2-3;/h2*1,3-4H2,2H3;2H2,1H3;/q;;-1;+1. The lowest BCUT2D eigenvalue weighted by Gasteiger charge is -2.09. The van der Waals surface area contributed by atoms with Gasteiger partial charge in [0.25, 0.3) is 0 Å². The Labute approximate surface area is 82.2 Å². The zero-order valence-corrected chi connectivity index (χ0v) is 10.1. The van der Waals surface area contributed by atoms with Gasteiger partial charge in [0, 0.05) is 6.61 Å². The van der Waals surface area contributed by atoms with E-state index in [0.29, 0.717) is 0 Å². The summed E-state index contributed by atoms with van der Waals surface area (Å²) in [7, 11) is 0. The second-order valence-electron chi connectivity index (χ2n) is 3.36. The predicted octanol–water partition coefficient (Wildman–Crippen LogP) is 3.61. The van der Waals surface area contributed by atoms with Gasteiger partial charge >= 0.3 is 14.5 Å². The molecule has 0 amide bonds. The molecule has 0 aliphatic heterocycles. The van der Waals surface area contributed by atoms with Crippen LogP contribution in [-0.2, 0) is 3.79 Å². The quantitative estimate of drug-likeness (QED) is 0.526. The van der Waals surface area contributed by atoms with Crippen LogP contribution in [0.5, 0.6) is 0 Å². The minimum absolute atomic E-state index is 0.769. The molecule has 0 heterocycles. The number of hydrogen-bond acceptors (Lipinski definition) is 1. The van der Waals surface area contributed by atoms with Crippen molar-refractivity contribution in [1.82, 2.24) is 0 Å². The van der Waals surface area contributed by atoms with Crippen LogP contribution < -0.4 is 0 Å². The molecule has 12 heavy (non-hydrogen) atoms. The van der Waals surface area contributed by atoms with Gasteiger partial charge in [-0.3, -0.25) is 0 Å². The first kappa shape index (κ1) is 12.5. The smallest absolute Gasteiger partial charge is 0.460 e. The van der Waals surface area contributed by atoms with Crippen LogP contribution in [0, 0.1) is 0 Å². The average Bonchev–Trinajstić information content (AvgIpc) is 2.10. The van der Waals surface area contributed by atoms with E-state index in [9.17, 15) is 0 Å². The van der Waals surface area contributed by atoms with Crippen molar-refractivity contribution in [2.45, 2.75) is 57.0 Å². The van der Waals surface area contributed by atoms with E-state index in [1.807, 2.05) is 0 Å². The molecule has 0 aromatic carbocycles. The summed E-state index contributed by atoms with van der Waals surface area (Å²) in [6, 6.07) is 0. The Bertz CT molecular complexity index is 77.9.